The number of para-hydroxylation sites is 1. The van der Waals surface area contributed by atoms with Crippen molar-refractivity contribution in [1.82, 2.24) is 5.32 Å². The highest BCUT2D eigenvalue weighted by Gasteiger charge is 2.19. The van der Waals surface area contributed by atoms with E-state index < -0.39 is 0 Å². The number of aromatic hydroxyl groups is 1. The van der Waals surface area contributed by atoms with E-state index in [1.807, 2.05) is 18.2 Å². The van der Waals surface area contributed by atoms with Crippen LogP contribution in [-0.4, -0.2) is 29.9 Å². The summed E-state index contributed by atoms with van der Waals surface area (Å²) in [7, 11) is 0. The summed E-state index contributed by atoms with van der Waals surface area (Å²) in [6.07, 6.45) is 4.19. The first kappa shape index (κ1) is 11.1. The highest BCUT2D eigenvalue weighted by Crippen LogP contribution is 2.15. The molecule has 1 aromatic carbocycles. The number of nitrogens with one attached hydrogen (secondary N) is 1. The lowest BCUT2D eigenvalue weighted by atomic mass is 10.1. The van der Waals surface area contributed by atoms with Crippen LogP contribution in [0.3, 0.4) is 0 Å². The number of rotatable bonds is 3. The molecule has 1 aromatic rings. The zero-order valence-corrected chi connectivity index (χ0v) is 9.56. The number of phenols is 1. The van der Waals surface area contributed by atoms with E-state index in [1.54, 1.807) is 12.3 Å². The van der Waals surface area contributed by atoms with Gasteiger partial charge in [0, 0.05) is 17.8 Å². The van der Waals surface area contributed by atoms with Crippen LogP contribution in [0.1, 0.15) is 25.3 Å². The maximum absolute atomic E-state index is 9.58. The van der Waals surface area contributed by atoms with E-state index in [0.29, 0.717) is 6.04 Å². The van der Waals surface area contributed by atoms with Crippen LogP contribution in [0.15, 0.2) is 29.3 Å². The lowest BCUT2D eigenvalue weighted by Gasteiger charge is -2.14. The maximum Gasteiger partial charge on any atom is 0.124 e. The quantitative estimate of drug-likeness (QED) is 0.762. The van der Waals surface area contributed by atoms with E-state index >= 15 is 0 Å². The molecule has 3 nitrogen and oxygen atoms in total. The Balaban J connectivity index is 2.00. The van der Waals surface area contributed by atoms with Gasteiger partial charge >= 0.3 is 0 Å². The fourth-order valence-corrected chi connectivity index (χ4v) is 2.02. The Morgan fingerprint density at radius 2 is 2.31 bits per heavy atom. The van der Waals surface area contributed by atoms with Crippen LogP contribution in [0.5, 0.6) is 5.75 Å². The molecule has 0 amide bonds. The lowest BCUT2D eigenvalue weighted by Crippen LogP contribution is -2.31. The van der Waals surface area contributed by atoms with Crippen molar-refractivity contribution in [2.24, 2.45) is 4.99 Å². The first-order valence-corrected chi connectivity index (χ1v) is 5.82. The zero-order valence-electron chi connectivity index (χ0n) is 9.56. The van der Waals surface area contributed by atoms with E-state index in [9.17, 15) is 5.11 Å². The second-order valence-electron chi connectivity index (χ2n) is 4.28. The van der Waals surface area contributed by atoms with Crippen molar-refractivity contribution < 1.29 is 5.11 Å². The van der Waals surface area contributed by atoms with Crippen molar-refractivity contribution in [3.63, 3.8) is 0 Å². The molecule has 0 aliphatic carbocycles. The molecule has 0 bridgehead atoms. The van der Waals surface area contributed by atoms with E-state index in [4.69, 9.17) is 0 Å². The zero-order chi connectivity index (χ0) is 11.4. The number of hydrogen-bond acceptors (Lipinski definition) is 3. The summed E-state index contributed by atoms with van der Waals surface area (Å²) in [5, 5.41) is 13.0. The van der Waals surface area contributed by atoms with Gasteiger partial charge in [-0.05, 0) is 38.4 Å². The Morgan fingerprint density at radius 3 is 3.00 bits per heavy atom. The molecule has 2 N–H and O–H groups in total. The van der Waals surface area contributed by atoms with Gasteiger partial charge in [0.05, 0.1) is 6.04 Å². The summed E-state index contributed by atoms with van der Waals surface area (Å²) in [5.74, 6) is 0.290. The smallest absolute Gasteiger partial charge is 0.124 e. The van der Waals surface area contributed by atoms with Crippen LogP contribution in [0.25, 0.3) is 0 Å². The van der Waals surface area contributed by atoms with Crippen LogP contribution in [0.4, 0.5) is 0 Å². The fourth-order valence-electron chi connectivity index (χ4n) is 2.02. The molecule has 0 saturated carbocycles. The summed E-state index contributed by atoms with van der Waals surface area (Å²) >= 11 is 0. The normalized spacial score (nSPS) is 22.7. The van der Waals surface area contributed by atoms with Crippen LogP contribution < -0.4 is 5.32 Å². The third-order valence-corrected chi connectivity index (χ3v) is 3.07. The topological polar surface area (TPSA) is 44.6 Å². The first-order valence-electron chi connectivity index (χ1n) is 5.82. The molecule has 0 spiro atoms. The SMILES string of the molecule is CC(N=Cc1ccccc1O)C1CCCN1. The standard InChI is InChI=1S/C13H18N2O/c1-10(12-6-4-8-14-12)15-9-11-5-2-3-7-13(11)16/h2-3,5,7,9-10,12,14,16H,4,6,8H2,1H3. The average Bonchev–Trinajstić information content (AvgIpc) is 2.81. The second kappa shape index (κ2) is 5.12. The van der Waals surface area contributed by atoms with E-state index in [-0.39, 0.29) is 11.8 Å². The van der Waals surface area contributed by atoms with Gasteiger partial charge in [0.1, 0.15) is 5.75 Å². The van der Waals surface area contributed by atoms with Gasteiger partial charge in [0.2, 0.25) is 0 Å². The molecular weight excluding hydrogens is 200 g/mol. The molecular formula is C13H18N2O. The molecule has 86 valence electrons. The highest BCUT2D eigenvalue weighted by atomic mass is 16.3. The van der Waals surface area contributed by atoms with Gasteiger partial charge in [-0.1, -0.05) is 12.1 Å². The Hall–Kier alpha value is -1.35. The molecule has 3 heteroatoms. The van der Waals surface area contributed by atoms with E-state index in [2.05, 4.69) is 17.2 Å². The maximum atomic E-state index is 9.58. The predicted molar refractivity (Wildman–Crippen MR) is 66.2 cm³/mol. The second-order valence-corrected chi connectivity index (χ2v) is 4.28. The molecule has 1 saturated heterocycles. The van der Waals surface area contributed by atoms with Gasteiger partial charge in [-0.15, -0.1) is 0 Å². The van der Waals surface area contributed by atoms with Crippen molar-refractivity contribution in [1.29, 1.82) is 0 Å². The summed E-state index contributed by atoms with van der Waals surface area (Å²) < 4.78 is 0. The Kier molecular flexibility index (Phi) is 3.57. The third-order valence-electron chi connectivity index (χ3n) is 3.07. The predicted octanol–water partition coefficient (Wildman–Crippen LogP) is 1.95. The minimum Gasteiger partial charge on any atom is -0.507 e. The van der Waals surface area contributed by atoms with Crippen LogP contribution in [0.2, 0.25) is 0 Å². The number of hydrogen-bond donors (Lipinski definition) is 2. The third kappa shape index (κ3) is 2.61. The summed E-state index contributed by atoms with van der Waals surface area (Å²) in [4.78, 5) is 4.49. The largest absolute Gasteiger partial charge is 0.507 e. The van der Waals surface area contributed by atoms with Gasteiger partial charge in [0.15, 0.2) is 0 Å². The molecule has 1 aliphatic rings. The van der Waals surface area contributed by atoms with E-state index in [1.165, 1.54) is 12.8 Å². The molecule has 16 heavy (non-hydrogen) atoms. The minimum atomic E-state index is 0.266. The number of phenolic OH excluding ortho intramolecular Hbond substituents is 1. The monoisotopic (exact) mass is 218 g/mol. The van der Waals surface area contributed by atoms with Crippen LogP contribution in [0, 0.1) is 0 Å². The summed E-state index contributed by atoms with van der Waals surface area (Å²) in [5.41, 5.74) is 0.785. The molecule has 0 aromatic heterocycles. The van der Waals surface area contributed by atoms with E-state index in [0.717, 1.165) is 12.1 Å². The summed E-state index contributed by atoms with van der Waals surface area (Å²) in [6, 6.07) is 8.02. The molecule has 1 aliphatic heterocycles. The van der Waals surface area contributed by atoms with Crippen LogP contribution in [-0.2, 0) is 0 Å². The van der Waals surface area contributed by atoms with Gasteiger partial charge < -0.3 is 10.4 Å². The average molecular weight is 218 g/mol. The molecule has 2 unspecified atom stereocenters. The molecule has 0 radical (unpaired) electrons. The van der Waals surface area contributed by atoms with Crippen molar-refractivity contribution >= 4 is 6.21 Å². The Bertz CT molecular complexity index is 370. The first-order chi connectivity index (χ1) is 7.77. The molecule has 1 fully saturated rings. The van der Waals surface area contributed by atoms with Crippen molar-refractivity contribution in [2.75, 3.05) is 6.54 Å². The number of aliphatic imine (C=N–C) groups is 1. The summed E-state index contributed by atoms with van der Waals surface area (Å²) in [6.45, 7) is 3.21. The molecule has 1 heterocycles. The number of nitrogens with zero attached hydrogens (tertiary/aromatic N) is 1. The molecule has 2 atom stereocenters. The van der Waals surface area contributed by atoms with Gasteiger partial charge in [-0.3, -0.25) is 4.99 Å². The minimum absolute atomic E-state index is 0.266. The van der Waals surface area contributed by atoms with Gasteiger partial charge in [-0.2, -0.15) is 0 Å². The molecule has 2 rings (SSSR count). The number of benzene rings is 1. The highest BCUT2D eigenvalue weighted by molar-refractivity contribution is 5.83. The van der Waals surface area contributed by atoms with Crippen LogP contribution >= 0.6 is 0 Å². The van der Waals surface area contributed by atoms with Crippen molar-refractivity contribution in [3.8, 4) is 5.75 Å². The van der Waals surface area contributed by atoms with Crippen molar-refractivity contribution in [2.45, 2.75) is 31.8 Å². The fraction of sp³-hybridized carbons (Fsp3) is 0.462. The van der Waals surface area contributed by atoms with Gasteiger partial charge in [0.25, 0.3) is 0 Å². The van der Waals surface area contributed by atoms with Crippen molar-refractivity contribution in [3.05, 3.63) is 29.8 Å². The Labute approximate surface area is 96.2 Å². The van der Waals surface area contributed by atoms with Gasteiger partial charge in [-0.25, -0.2) is 0 Å². The Morgan fingerprint density at radius 1 is 1.50 bits per heavy atom. The lowest BCUT2D eigenvalue weighted by molar-refractivity contribution is 0.474.